The molecule has 0 heterocycles. The molecule has 0 saturated carbocycles. The van der Waals surface area contributed by atoms with Crippen molar-refractivity contribution in [1.82, 2.24) is 10.7 Å². The van der Waals surface area contributed by atoms with Crippen LogP contribution in [0.15, 0.2) is 47.6 Å². The fraction of sp³-hybridized carbons (Fsp3) is 0.167. The lowest BCUT2D eigenvalue weighted by Gasteiger charge is -2.06. The van der Waals surface area contributed by atoms with Crippen LogP contribution in [-0.4, -0.2) is 43.9 Å². The van der Waals surface area contributed by atoms with Crippen molar-refractivity contribution in [2.75, 3.05) is 20.8 Å². The molecule has 26 heavy (non-hydrogen) atoms. The first-order valence-electron chi connectivity index (χ1n) is 7.65. The maximum absolute atomic E-state index is 11.9. The standard InChI is InChI=1S/C18H19N3O5/c1-25-14-8-6-12(7-9-14)18(24)19-11-16(22)21-20-10-13-4-3-5-15(26-2)17(13)23/h3-10,23H,11H2,1-2H3,(H,19,24)(H,21,22)/b20-10-. The maximum atomic E-state index is 11.9. The minimum atomic E-state index is -0.509. The molecule has 2 aromatic rings. The van der Waals surface area contributed by atoms with Crippen LogP contribution in [0.4, 0.5) is 0 Å². The Hall–Kier alpha value is -3.55. The third kappa shape index (κ3) is 4.97. The highest BCUT2D eigenvalue weighted by Crippen LogP contribution is 2.27. The predicted molar refractivity (Wildman–Crippen MR) is 95.7 cm³/mol. The number of nitrogens with one attached hydrogen (secondary N) is 2. The van der Waals surface area contributed by atoms with Gasteiger partial charge < -0.3 is 19.9 Å². The maximum Gasteiger partial charge on any atom is 0.259 e. The van der Waals surface area contributed by atoms with Gasteiger partial charge >= 0.3 is 0 Å². The van der Waals surface area contributed by atoms with E-state index in [1.54, 1.807) is 42.5 Å². The second-order valence-corrected chi connectivity index (χ2v) is 5.10. The van der Waals surface area contributed by atoms with Crippen molar-refractivity contribution in [3.05, 3.63) is 53.6 Å². The van der Waals surface area contributed by atoms with E-state index in [1.165, 1.54) is 20.4 Å². The van der Waals surface area contributed by atoms with Gasteiger partial charge in [0.1, 0.15) is 5.75 Å². The fourth-order valence-electron chi connectivity index (χ4n) is 2.03. The minimum absolute atomic E-state index is 0.0826. The van der Waals surface area contributed by atoms with Crippen LogP contribution in [-0.2, 0) is 4.79 Å². The smallest absolute Gasteiger partial charge is 0.259 e. The molecule has 0 saturated heterocycles. The number of carbonyl (C=O) groups is 2. The molecule has 0 unspecified atom stereocenters. The zero-order valence-corrected chi connectivity index (χ0v) is 14.4. The fourth-order valence-corrected chi connectivity index (χ4v) is 2.03. The molecule has 136 valence electrons. The molecule has 0 aromatic heterocycles. The average Bonchev–Trinajstić information content (AvgIpc) is 2.67. The van der Waals surface area contributed by atoms with E-state index in [0.29, 0.717) is 22.6 Å². The van der Waals surface area contributed by atoms with E-state index in [1.807, 2.05) is 0 Å². The van der Waals surface area contributed by atoms with E-state index >= 15 is 0 Å². The molecule has 0 aliphatic rings. The van der Waals surface area contributed by atoms with Crippen LogP contribution >= 0.6 is 0 Å². The summed E-state index contributed by atoms with van der Waals surface area (Å²) in [6.07, 6.45) is 1.28. The second kappa shape index (κ2) is 9.07. The van der Waals surface area contributed by atoms with Crippen molar-refractivity contribution in [3.63, 3.8) is 0 Å². The number of methoxy groups -OCH3 is 2. The SMILES string of the molecule is COc1ccc(C(=O)NCC(=O)N/N=C\c2cccc(OC)c2O)cc1. The quantitative estimate of drug-likeness (QED) is 0.511. The van der Waals surface area contributed by atoms with Gasteiger partial charge in [0.05, 0.1) is 27.0 Å². The number of nitrogens with zero attached hydrogens (tertiary/aromatic N) is 1. The Bertz CT molecular complexity index is 803. The molecule has 0 radical (unpaired) electrons. The van der Waals surface area contributed by atoms with E-state index < -0.39 is 11.8 Å². The summed E-state index contributed by atoms with van der Waals surface area (Å²) >= 11 is 0. The molecule has 0 aliphatic heterocycles. The van der Waals surface area contributed by atoms with Crippen molar-refractivity contribution < 1.29 is 24.2 Å². The highest BCUT2D eigenvalue weighted by atomic mass is 16.5. The molecule has 8 nitrogen and oxygen atoms in total. The topological polar surface area (TPSA) is 109 Å². The number of amides is 2. The Morgan fingerprint density at radius 3 is 2.50 bits per heavy atom. The number of hydrazone groups is 1. The highest BCUT2D eigenvalue weighted by Gasteiger charge is 2.08. The van der Waals surface area contributed by atoms with Crippen molar-refractivity contribution >= 4 is 18.0 Å². The number of aromatic hydroxyl groups is 1. The summed E-state index contributed by atoms with van der Waals surface area (Å²) in [5.41, 5.74) is 3.05. The Labute approximate surface area is 150 Å². The third-order valence-corrected chi connectivity index (χ3v) is 3.40. The van der Waals surface area contributed by atoms with Crippen molar-refractivity contribution in [2.45, 2.75) is 0 Å². The molecule has 2 rings (SSSR count). The first kappa shape index (κ1) is 18.8. The van der Waals surface area contributed by atoms with E-state index in [2.05, 4.69) is 15.8 Å². The summed E-state index contributed by atoms with van der Waals surface area (Å²) in [7, 11) is 2.97. The highest BCUT2D eigenvalue weighted by molar-refractivity contribution is 5.96. The Kier molecular flexibility index (Phi) is 6.55. The van der Waals surface area contributed by atoms with Gasteiger partial charge in [-0.3, -0.25) is 9.59 Å². The molecule has 2 amide bonds. The Morgan fingerprint density at radius 1 is 1.12 bits per heavy atom. The number of benzene rings is 2. The lowest BCUT2D eigenvalue weighted by Crippen LogP contribution is -2.34. The number of carbonyl (C=O) groups excluding carboxylic acids is 2. The monoisotopic (exact) mass is 357 g/mol. The zero-order valence-electron chi connectivity index (χ0n) is 14.4. The summed E-state index contributed by atoms with van der Waals surface area (Å²) in [4.78, 5) is 23.7. The summed E-state index contributed by atoms with van der Waals surface area (Å²) in [6, 6.07) is 11.4. The molecular formula is C18H19N3O5. The van der Waals surface area contributed by atoms with Gasteiger partial charge in [0.25, 0.3) is 11.8 Å². The Balaban J connectivity index is 1.84. The van der Waals surface area contributed by atoms with Gasteiger partial charge in [0.15, 0.2) is 11.5 Å². The van der Waals surface area contributed by atoms with Gasteiger partial charge in [-0.1, -0.05) is 6.07 Å². The summed E-state index contributed by atoms with van der Waals surface area (Å²) in [5.74, 6) is -0.0509. The Morgan fingerprint density at radius 2 is 1.85 bits per heavy atom. The molecule has 0 fully saturated rings. The van der Waals surface area contributed by atoms with Crippen LogP contribution < -0.4 is 20.2 Å². The van der Waals surface area contributed by atoms with E-state index in [0.717, 1.165) is 0 Å². The van der Waals surface area contributed by atoms with Crippen LogP contribution in [0.25, 0.3) is 0 Å². The molecule has 0 aliphatic carbocycles. The van der Waals surface area contributed by atoms with Crippen LogP contribution in [0.2, 0.25) is 0 Å². The van der Waals surface area contributed by atoms with Gasteiger partial charge in [-0.15, -0.1) is 0 Å². The van der Waals surface area contributed by atoms with Gasteiger partial charge in [-0.25, -0.2) is 5.43 Å². The molecular weight excluding hydrogens is 338 g/mol. The molecule has 8 heteroatoms. The van der Waals surface area contributed by atoms with E-state index in [-0.39, 0.29) is 12.3 Å². The van der Waals surface area contributed by atoms with Gasteiger partial charge in [-0.2, -0.15) is 5.10 Å². The van der Waals surface area contributed by atoms with Crippen molar-refractivity contribution in [3.8, 4) is 17.2 Å². The number of ether oxygens (including phenoxy) is 2. The van der Waals surface area contributed by atoms with Crippen LogP contribution in [0.1, 0.15) is 15.9 Å². The summed E-state index contributed by atoms with van der Waals surface area (Å²) < 4.78 is 9.99. The lowest BCUT2D eigenvalue weighted by molar-refractivity contribution is -0.120. The van der Waals surface area contributed by atoms with Crippen LogP contribution in [0.5, 0.6) is 17.2 Å². The zero-order chi connectivity index (χ0) is 18.9. The number of hydrogen-bond acceptors (Lipinski definition) is 6. The predicted octanol–water partition coefficient (Wildman–Crippen LogP) is 1.29. The summed E-state index contributed by atoms with van der Waals surface area (Å²) in [5, 5.41) is 16.1. The minimum Gasteiger partial charge on any atom is -0.504 e. The molecule has 3 N–H and O–H groups in total. The average molecular weight is 357 g/mol. The van der Waals surface area contributed by atoms with Crippen molar-refractivity contribution in [1.29, 1.82) is 0 Å². The van der Waals surface area contributed by atoms with Crippen LogP contribution in [0.3, 0.4) is 0 Å². The number of phenols is 1. The van der Waals surface area contributed by atoms with E-state index in [9.17, 15) is 14.7 Å². The van der Waals surface area contributed by atoms with Crippen LogP contribution in [0, 0.1) is 0 Å². The summed E-state index contributed by atoms with van der Waals surface area (Å²) in [6.45, 7) is -0.244. The normalized spacial score (nSPS) is 10.4. The molecule has 0 atom stereocenters. The van der Waals surface area contributed by atoms with E-state index in [4.69, 9.17) is 9.47 Å². The van der Waals surface area contributed by atoms with Gasteiger partial charge in [0, 0.05) is 11.1 Å². The third-order valence-electron chi connectivity index (χ3n) is 3.40. The van der Waals surface area contributed by atoms with Crippen molar-refractivity contribution in [2.24, 2.45) is 5.10 Å². The molecule has 0 bridgehead atoms. The number of rotatable bonds is 7. The first-order valence-corrected chi connectivity index (χ1v) is 7.65. The molecule has 2 aromatic carbocycles. The largest absolute Gasteiger partial charge is 0.504 e. The van der Waals surface area contributed by atoms with Gasteiger partial charge in [0.2, 0.25) is 0 Å². The lowest BCUT2D eigenvalue weighted by atomic mass is 10.2. The first-order chi connectivity index (χ1) is 12.5. The number of para-hydroxylation sites is 1. The number of hydrogen-bond donors (Lipinski definition) is 3. The van der Waals surface area contributed by atoms with Gasteiger partial charge in [-0.05, 0) is 36.4 Å². The second-order valence-electron chi connectivity index (χ2n) is 5.10. The number of phenolic OH excluding ortho intramolecular Hbond substituents is 1. The molecule has 0 spiro atoms.